The molecule has 30 heavy (non-hydrogen) atoms. The molecule has 0 aromatic heterocycles. The van der Waals surface area contributed by atoms with Crippen molar-refractivity contribution in [1.29, 1.82) is 0 Å². The summed E-state index contributed by atoms with van der Waals surface area (Å²) in [5.74, 6) is 0.202. The lowest BCUT2D eigenvalue weighted by atomic mass is 9.88. The highest BCUT2D eigenvalue weighted by molar-refractivity contribution is 5.96. The van der Waals surface area contributed by atoms with Crippen molar-refractivity contribution in [2.24, 2.45) is 0 Å². The van der Waals surface area contributed by atoms with Gasteiger partial charge >= 0.3 is 0 Å². The minimum atomic E-state index is 0.104. The second kappa shape index (κ2) is 9.21. The summed E-state index contributed by atoms with van der Waals surface area (Å²) >= 11 is 0. The summed E-state index contributed by atoms with van der Waals surface area (Å²) < 4.78 is 5.49. The van der Waals surface area contributed by atoms with Crippen LogP contribution in [0.15, 0.2) is 29.8 Å². The Morgan fingerprint density at radius 3 is 2.73 bits per heavy atom. The smallest absolute Gasteiger partial charge is 0.254 e. The van der Waals surface area contributed by atoms with Crippen molar-refractivity contribution in [2.45, 2.75) is 70.7 Å². The lowest BCUT2D eigenvalue weighted by Gasteiger charge is -2.36. The van der Waals surface area contributed by atoms with E-state index in [1.54, 1.807) is 5.57 Å². The molecule has 164 valence electrons. The van der Waals surface area contributed by atoms with E-state index in [0.29, 0.717) is 6.10 Å². The van der Waals surface area contributed by atoms with E-state index in [4.69, 9.17) is 4.74 Å². The number of nitrogens with one attached hydrogen (secondary N) is 1. The predicted molar refractivity (Wildman–Crippen MR) is 121 cm³/mol. The van der Waals surface area contributed by atoms with Crippen LogP contribution in [0.4, 0.5) is 0 Å². The van der Waals surface area contributed by atoms with Crippen LogP contribution in [0.2, 0.25) is 0 Å². The quantitative estimate of drug-likeness (QED) is 0.725. The SMILES string of the molecule is COC1CC=C(CCC(C)(C)N2Cc3cccc(C(=O)N4CCNCC4)c3C2)CC1. The number of benzene rings is 1. The topological polar surface area (TPSA) is 44.8 Å². The molecule has 0 saturated carbocycles. The number of methoxy groups -OCH3 is 1. The fraction of sp³-hybridized carbons (Fsp3) is 0.640. The molecule has 3 aliphatic rings. The van der Waals surface area contributed by atoms with Gasteiger partial charge in [0.1, 0.15) is 0 Å². The molecular formula is C25H37N3O2. The van der Waals surface area contributed by atoms with Crippen molar-refractivity contribution < 1.29 is 9.53 Å². The Hall–Kier alpha value is -1.69. The van der Waals surface area contributed by atoms with Gasteiger partial charge in [0.15, 0.2) is 0 Å². The summed E-state index contributed by atoms with van der Waals surface area (Å²) in [6.07, 6.45) is 8.47. The molecule has 0 spiro atoms. The van der Waals surface area contributed by atoms with Crippen LogP contribution in [0.25, 0.3) is 0 Å². The number of carbonyl (C=O) groups is 1. The largest absolute Gasteiger partial charge is 0.381 e. The van der Waals surface area contributed by atoms with E-state index in [0.717, 1.165) is 76.9 Å². The van der Waals surface area contributed by atoms with Gasteiger partial charge in [0.2, 0.25) is 0 Å². The Labute approximate surface area is 181 Å². The number of hydrogen-bond donors (Lipinski definition) is 1. The standard InChI is InChI=1S/C25H37N3O2/c1-25(2,12-11-19-7-9-21(30-3)10-8-19)28-17-20-5-4-6-22(23(20)18-28)24(29)27-15-13-26-14-16-27/h4-7,21,26H,8-18H2,1-3H3. The molecule has 1 atom stereocenters. The first-order valence-corrected chi connectivity index (χ1v) is 11.5. The second-order valence-electron chi connectivity index (χ2n) is 9.65. The average Bonchev–Trinajstić information content (AvgIpc) is 3.24. The van der Waals surface area contributed by atoms with Crippen molar-refractivity contribution in [3.8, 4) is 0 Å². The molecule has 1 N–H and O–H groups in total. The van der Waals surface area contributed by atoms with Crippen molar-refractivity contribution in [2.75, 3.05) is 33.3 Å². The number of piperazine rings is 1. The van der Waals surface area contributed by atoms with E-state index >= 15 is 0 Å². The minimum Gasteiger partial charge on any atom is -0.381 e. The van der Waals surface area contributed by atoms with Crippen molar-refractivity contribution >= 4 is 5.91 Å². The van der Waals surface area contributed by atoms with Crippen LogP contribution in [-0.2, 0) is 17.8 Å². The van der Waals surface area contributed by atoms with E-state index in [1.807, 2.05) is 18.1 Å². The molecule has 1 fully saturated rings. The first-order valence-electron chi connectivity index (χ1n) is 11.5. The summed E-state index contributed by atoms with van der Waals surface area (Å²) in [5.41, 5.74) is 5.17. The van der Waals surface area contributed by atoms with Gasteiger partial charge in [-0.1, -0.05) is 23.8 Å². The molecule has 1 aromatic carbocycles. The molecule has 2 aliphatic heterocycles. The molecule has 1 unspecified atom stereocenters. The molecule has 2 heterocycles. The van der Waals surface area contributed by atoms with Crippen LogP contribution < -0.4 is 5.32 Å². The molecule has 1 amide bonds. The van der Waals surface area contributed by atoms with Gasteiger partial charge in [0, 0.05) is 57.5 Å². The van der Waals surface area contributed by atoms with E-state index in [2.05, 4.69) is 42.3 Å². The first-order chi connectivity index (χ1) is 14.5. The van der Waals surface area contributed by atoms with Gasteiger partial charge in [0.05, 0.1) is 6.10 Å². The van der Waals surface area contributed by atoms with Crippen LogP contribution in [0.5, 0.6) is 0 Å². The third kappa shape index (κ3) is 4.63. The predicted octanol–water partition coefficient (Wildman–Crippen LogP) is 3.73. The molecule has 1 aliphatic carbocycles. The van der Waals surface area contributed by atoms with Crippen LogP contribution in [0.3, 0.4) is 0 Å². The summed E-state index contributed by atoms with van der Waals surface area (Å²) in [5, 5.41) is 3.33. The fourth-order valence-electron chi connectivity index (χ4n) is 5.02. The lowest BCUT2D eigenvalue weighted by molar-refractivity contribution is 0.0731. The normalized spacial score (nSPS) is 22.7. The summed E-state index contributed by atoms with van der Waals surface area (Å²) in [7, 11) is 1.82. The Morgan fingerprint density at radius 2 is 2.03 bits per heavy atom. The summed E-state index contributed by atoms with van der Waals surface area (Å²) in [6.45, 7) is 9.92. The Morgan fingerprint density at radius 1 is 1.23 bits per heavy atom. The Kier molecular flexibility index (Phi) is 6.61. The number of fused-ring (bicyclic) bond motifs is 1. The van der Waals surface area contributed by atoms with Gasteiger partial charge in [-0.05, 0) is 63.1 Å². The average molecular weight is 412 g/mol. The Bertz CT molecular complexity index is 796. The number of nitrogens with zero attached hydrogens (tertiary/aromatic N) is 2. The van der Waals surface area contributed by atoms with Gasteiger partial charge in [-0.15, -0.1) is 0 Å². The lowest BCUT2D eigenvalue weighted by Crippen LogP contribution is -2.46. The minimum absolute atomic E-state index is 0.104. The zero-order valence-corrected chi connectivity index (χ0v) is 18.9. The number of rotatable bonds is 6. The van der Waals surface area contributed by atoms with Crippen molar-refractivity contribution in [3.05, 3.63) is 46.5 Å². The Balaban J connectivity index is 1.41. The highest BCUT2D eigenvalue weighted by atomic mass is 16.5. The molecule has 0 radical (unpaired) electrons. The van der Waals surface area contributed by atoms with Gasteiger partial charge in [-0.3, -0.25) is 9.69 Å². The molecule has 1 saturated heterocycles. The van der Waals surface area contributed by atoms with Gasteiger partial charge < -0.3 is 15.0 Å². The van der Waals surface area contributed by atoms with Gasteiger partial charge in [0.25, 0.3) is 5.91 Å². The molecule has 0 bridgehead atoms. The van der Waals surface area contributed by atoms with Crippen molar-refractivity contribution in [3.63, 3.8) is 0 Å². The van der Waals surface area contributed by atoms with E-state index in [1.165, 1.54) is 11.1 Å². The van der Waals surface area contributed by atoms with E-state index < -0.39 is 0 Å². The van der Waals surface area contributed by atoms with E-state index in [9.17, 15) is 4.79 Å². The fourth-order valence-corrected chi connectivity index (χ4v) is 5.02. The molecule has 1 aromatic rings. The number of carbonyl (C=O) groups excluding carboxylic acids is 1. The number of amides is 1. The van der Waals surface area contributed by atoms with Crippen LogP contribution in [0.1, 0.15) is 67.4 Å². The third-order valence-corrected chi connectivity index (χ3v) is 7.32. The highest BCUT2D eigenvalue weighted by Gasteiger charge is 2.34. The molecule has 5 heteroatoms. The summed E-state index contributed by atoms with van der Waals surface area (Å²) in [6, 6.07) is 6.29. The second-order valence-corrected chi connectivity index (χ2v) is 9.65. The van der Waals surface area contributed by atoms with Crippen molar-refractivity contribution in [1.82, 2.24) is 15.1 Å². The molecular weight excluding hydrogens is 374 g/mol. The van der Waals surface area contributed by atoms with E-state index in [-0.39, 0.29) is 11.4 Å². The highest BCUT2D eigenvalue weighted by Crippen LogP contribution is 2.35. The van der Waals surface area contributed by atoms with Gasteiger partial charge in [-0.25, -0.2) is 0 Å². The molecule has 5 nitrogen and oxygen atoms in total. The summed E-state index contributed by atoms with van der Waals surface area (Å²) in [4.78, 5) is 17.7. The maximum Gasteiger partial charge on any atom is 0.254 e. The maximum atomic E-state index is 13.2. The van der Waals surface area contributed by atoms with Crippen LogP contribution in [-0.4, -0.2) is 60.6 Å². The van der Waals surface area contributed by atoms with Crippen LogP contribution in [0, 0.1) is 0 Å². The van der Waals surface area contributed by atoms with Crippen LogP contribution >= 0.6 is 0 Å². The number of ether oxygens (including phenoxy) is 1. The first kappa shape index (κ1) is 21.5. The zero-order valence-electron chi connectivity index (χ0n) is 18.9. The number of allylic oxidation sites excluding steroid dienone is 1. The van der Waals surface area contributed by atoms with Gasteiger partial charge in [-0.2, -0.15) is 0 Å². The zero-order chi connectivity index (χ0) is 21.1. The third-order valence-electron chi connectivity index (χ3n) is 7.32. The number of hydrogen-bond acceptors (Lipinski definition) is 4. The molecule has 4 rings (SSSR count). The monoisotopic (exact) mass is 411 g/mol. The maximum absolute atomic E-state index is 13.2.